The number of nitrogens with one attached hydrogen (secondary N) is 1. The maximum atomic E-state index is 6.03. The van der Waals surface area contributed by atoms with Crippen LogP contribution in [0.4, 0.5) is 0 Å². The lowest BCUT2D eigenvalue weighted by Crippen LogP contribution is -2.37. The molecule has 0 unspecified atom stereocenters. The summed E-state index contributed by atoms with van der Waals surface area (Å²) in [5.41, 5.74) is 6.96. The molecule has 0 saturated heterocycles. The number of rotatable bonds is 6. The predicted octanol–water partition coefficient (Wildman–Crippen LogP) is 2.65. The molecule has 0 aliphatic heterocycles. The van der Waals surface area contributed by atoms with Crippen molar-refractivity contribution < 1.29 is 4.74 Å². The third-order valence-corrected chi connectivity index (χ3v) is 3.27. The van der Waals surface area contributed by atoms with E-state index in [-0.39, 0.29) is 11.1 Å². The van der Waals surface area contributed by atoms with E-state index in [1.807, 2.05) is 45.2 Å². The third-order valence-electron chi connectivity index (χ3n) is 3.27. The molecular weight excluding hydrogens is 224 g/mol. The summed E-state index contributed by atoms with van der Waals surface area (Å²) in [7, 11) is 1.97. The van der Waals surface area contributed by atoms with Gasteiger partial charge in [0.1, 0.15) is 5.75 Å². The Labute approximate surface area is 111 Å². The molecule has 0 fully saturated rings. The van der Waals surface area contributed by atoms with E-state index in [0.717, 1.165) is 17.7 Å². The second kappa shape index (κ2) is 5.72. The molecule has 3 N–H and O–H groups in total. The van der Waals surface area contributed by atoms with Gasteiger partial charge in [-0.1, -0.05) is 12.1 Å². The number of ether oxygens (including phenoxy) is 1. The normalized spacial score (nSPS) is 12.6. The summed E-state index contributed by atoms with van der Waals surface area (Å²) in [4.78, 5) is 0. The molecule has 0 saturated carbocycles. The van der Waals surface area contributed by atoms with Crippen molar-refractivity contribution in [3.05, 3.63) is 29.8 Å². The molecule has 0 bridgehead atoms. The van der Waals surface area contributed by atoms with Crippen molar-refractivity contribution in [3.8, 4) is 5.75 Å². The molecule has 0 amide bonds. The molecule has 0 radical (unpaired) electrons. The summed E-state index contributed by atoms with van der Waals surface area (Å²) in [6, 6.07) is 8.02. The van der Waals surface area contributed by atoms with Gasteiger partial charge in [-0.15, -0.1) is 0 Å². The second-order valence-corrected chi connectivity index (χ2v) is 5.98. The van der Waals surface area contributed by atoms with Gasteiger partial charge in [0.25, 0.3) is 0 Å². The van der Waals surface area contributed by atoms with E-state index in [0.29, 0.717) is 6.61 Å². The van der Waals surface area contributed by atoms with E-state index < -0.39 is 0 Å². The van der Waals surface area contributed by atoms with Gasteiger partial charge in [-0.2, -0.15) is 0 Å². The molecule has 0 aliphatic rings. The lowest BCUT2D eigenvalue weighted by molar-refractivity contribution is 0.256. The van der Waals surface area contributed by atoms with E-state index in [1.54, 1.807) is 0 Å². The zero-order valence-corrected chi connectivity index (χ0v) is 12.2. The van der Waals surface area contributed by atoms with Crippen molar-refractivity contribution in [1.82, 2.24) is 5.32 Å². The van der Waals surface area contributed by atoms with Crippen LogP contribution in [0.15, 0.2) is 24.3 Å². The van der Waals surface area contributed by atoms with Crippen molar-refractivity contribution in [2.45, 2.75) is 45.2 Å². The maximum Gasteiger partial charge on any atom is 0.119 e. The monoisotopic (exact) mass is 250 g/mol. The molecule has 0 aliphatic carbocycles. The smallest absolute Gasteiger partial charge is 0.119 e. The molecule has 0 spiro atoms. The van der Waals surface area contributed by atoms with Crippen LogP contribution in [0, 0.1) is 0 Å². The van der Waals surface area contributed by atoms with Gasteiger partial charge in [0.05, 0.1) is 6.61 Å². The topological polar surface area (TPSA) is 47.3 Å². The number of nitrogens with two attached hydrogens (primary N) is 1. The van der Waals surface area contributed by atoms with Crippen molar-refractivity contribution >= 4 is 0 Å². The Kier molecular flexibility index (Phi) is 4.77. The average Bonchev–Trinajstić information content (AvgIpc) is 2.28. The summed E-state index contributed by atoms with van der Waals surface area (Å²) in [6.45, 7) is 9.03. The van der Waals surface area contributed by atoms with E-state index in [9.17, 15) is 0 Å². The molecule has 1 rings (SSSR count). The highest BCUT2D eigenvalue weighted by molar-refractivity contribution is 5.30. The van der Waals surface area contributed by atoms with E-state index in [4.69, 9.17) is 10.5 Å². The fraction of sp³-hybridized carbons (Fsp3) is 0.600. The van der Waals surface area contributed by atoms with Gasteiger partial charge >= 0.3 is 0 Å². The third kappa shape index (κ3) is 4.67. The van der Waals surface area contributed by atoms with Crippen LogP contribution in [0.5, 0.6) is 5.75 Å². The largest absolute Gasteiger partial charge is 0.494 e. The molecule has 0 atom stereocenters. The maximum absolute atomic E-state index is 6.03. The molecule has 1 aromatic rings. The predicted molar refractivity (Wildman–Crippen MR) is 76.9 cm³/mol. The van der Waals surface area contributed by atoms with Crippen LogP contribution >= 0.6 is 0 Å². The molecule has 18 heavy (non-hydrogen) atoms. The minimum atomic E-state index is -0.299. The standard InChI is InChI=1S/C15H26N2O/c1-14(2,17-5)10-11-18-13-8-6-12(7-9-13)15(3,4)16/h6-9,17H,10-11,16H2,1-5H3. The van der Waals surface area contributed by atoms with Gasteiger partial charge in [0.2, 0.25) is 0 Å². The Morgan fingerprint density at radius 2 is 1.67 bits per heavy atom. The summed E-state index contributed by atoms with van der Waals surface area (Å²) < 4.78 is 5.73. The quantitative estimate of drug-likeness (QED) is 0.816. The molecule has 1 aromatic carbocycles. The first kappa shape index (κ1) is 15.0. The Morgan fingerprint density at radius 3 is 2.11 bits per heavy atom. The zero-order valence-electron chi connectivity index (χ0n) is 12.2. The van der Waals surface area contributed by atoms with Gasteiger partial charge in [0.15, 0.2) is 0 Å². The average molecular weight is 250 g/mol. The second-order valence-electron chi connectivity index (χ2n) is 5.98. The molecule has 102 valence electrons. The van der Waals surface area contributed by atoms with E-state index >= 15 is 0 Å². The van der Waals surface area contributed by atoms with Crippen LogP contribution in [0.25, 0.3) is 0 Å². The lowest BCUT2D eigenvalue weighted by atomic mass is 9.96. The van der Waals surface area contributed by atoms with Crippen molar-refractivity contribution in [1.29, 1.82) is 0 Å². The highest BCUT2D eigenvalue weighted by atomic mass is 16.5. The Hall–Kier alpha value is -1.06. The highest BCUT2D eigenvalue weighted by Gasteiger charge is 2.15. The van der Waals surface area contributed by atoms with Gasteiger partial charge in [-0.25, -0.2) is 0 Å². The number of benzene rings is 1. The molecule has 3 heteroatoms. The Bertz CT molecular complexity index is 363. The zero-order chi connectivity index (χ0) is 13.8. The summed E-state index contributed by atoms with van der Waals surface area (Å²) in [6.07, 6.45) is 0.966. The Balaban J connectivity index is 2.50. The fourth-order valence-corrected chi connectivity index (χ4v) is 1.53. The van der Waals surface area contributed by atoms with Crippen LogP contribution in [0.3, 0.4) is 0 Å². The van der Waals surface area contributed by atoms with Gasteiger partial charge < -0.3 is 15.8 Å². The highest BCUT2D eigenvalue weighted by Crippen LogP contribution is 2.20. The Morgan fingerprint density at radius 1 is 1.11 bits per heavy atom. The lowest BCUT2D eigenvalue weighted by Gasteiger charge is -2.24. The first-order valence-corrected chi connectivity index (χ1v) is 6.46. The molecular formula is C15H26N2O. The van der Waals surface area contributed by atoms with E-state index in [1.165, 1.54) is 0 Å². The molecule has 0 heterocycles. The van der Waals surface area contributed by atoms with Crippen LogP contribution < -0.4 is 15.8 Å². The SMILES string of the molecule is CNC(C)(C)CCOc1ccc(C(C)(C)N)cc1. The summed E-state index contributed by atoms with van der Waals surface area (Å²) in [5, 5.41) is 3.26. The molecule has 0 aromatic heterocycles. The summed E-state index contributed by atoms with van der Waals surface area (Å²) in [5.74, 6) is 0.898. The van der Waals surface area contributed by atoms with Crippen LogP contribution in [-0.4, -0.2) is 19.2 Å². The first-order chi connectivity index (χ1) is 8.24. The summed E-state index contributed by atoms with van der Waals surface area (Å²) >= 11 is 0. The van der Waals surface area contributed by atoms with Crippen LogP contribution in [0.2, 0.25) is 0 Å². The fourth-order valence-electron chi connectivity index (χ4n) is 1.53. The number of hydrogen-bond donors (Lipinski definition) is 2. The van der Waals surface area contributed by atoms with E-state index in [2.05, 4.69) is 19.2 Å². The minimum absolute atomic E-state index is 0.110. The van der Waals surface area contributed by atoms with Crippen LogP contribution in [0.1, 0.15) is 39.7 Å². The number of hydrogen-bond acceptors (Lipinski definition) is 3. The molecule has 3 nitrogen and oxygen atoms in total. The van der Waals surface area contributed by atoms with Gasteiger partial charge in [-0.05, 0) is 58.9 Å². The van der Waals surface area contributed by atoms with Gasteiger partial charge in [-0.3, -0.25) is 0 Å². The van der Waals surface area contributed by atoms with Crippen LogP contribution in [-0.2, 0) is 5.54 Å². The van der Waals surface area contributed by atoms with Gasteiger partial charge in [0, 0.05) is 11.1 Å². The first-order valence-electron chi connectivity index (χ1n) is 6.46. The van der Waals surface area contributed by atoms with Crippen molar-refractivity contribution in [2.75, 3.05) is 13.7 Å². The van der Waals surface area contributed by atoms with Crippen molar-refractivity contribution in [2.24, 2.45) is 5.73 Å². The minimum Gasteiger partial charge on any atom is -0.494 e. The van der Waals surface area contributed by atoms with Crippen molar-refractivity contribution in [3.63, 3.8) is 0 Å².